The van der Waals surface area contributed by atoms with Crippen molar-refractivity contribution in [2.24, 2.45) is 0 Å². The van der Waals surface area contributed by atoms with Crippen LogP contribution in [0.1, 0.15) is 13.8 Å². The van der Waals surface area contributed by atoms with E-state index >= 15 is 0 Å². The molecule has 0 fully saturated rings. The van der Waals surface area contributed by atoms with Crippen molar-refractivity contribution in [2.45, 2.75) is 19.9 Å². The summed E-state index contributed by atoms with van der Waals surface area (Å²) in [6.45, 7) is 4.40. The summed E-state index contributed by atoms with van der Waals surface area (Å²) in [5, 5.41) is 0. The molecule has 0 spiro atoms. The smallest absolute Gasteiger partial charge is 0.252 e. The topological polar surface area (TPSA) is 3.24 Å². The molecule has 10 heavy (non-hydrogen) atoms. The second kappa shape index (κ2) is 5.87. The first kappa shape index (κ1) is 12.3. The molecule has 0 bridgehead atoms. The zero-order chi connectivity index (χ0) is 8.31. The third-order valence-electron chi connectivity index (χ3n) is 1.05. The number of halogens is 4. The molecule has 0 aliphatic rings. The molecule has 0 amide bonds. The van der Waals surface area contributed by atoms with Crippen molar-refractivity contribution in [2.75, 3.05) is 0 Å². The third-order valence-corrected chi connectivity index (χ3v) is 15.8. The molecule has 1 nitrogen and oxygen atoms in total. The van der Waals surface area contributed by atoms with Crippen molar-refractivity contribution >= 4 is 73.6 Å². The minimum absolute atomic E-state index is 0.603. The predicted octanol–water partition coefficient (Wildman–Crippen LogP) is 2.71. The molecule has 0 aromatic rings. The highest BCUT2D eigenvalue weighted by atomic mass is 79.9. The van der Waals surface area contributed by atoms with E-state index < -0.39 is 12.4 Å². The maximum absolute atomic E-state index is 3.60. The largest absolute Gasteiger partial charge is 0.314 e. The van der Waals surface area contributed by atoms with Crippen LogP contribution < -0.4 is 0 Å². The van der Waals surface area contributed by atoms with E-state index in [1.165, 1.54) is 0 Å². The maximum Gasteiger partial charge on any atom is 0.252 e. The van der Waals surface area contributed by atoms with Gasteiger partial charge in [0.25, 0.3) is 12.4 Å². The van der Waals surface area contributed by atoms with Crippen LogP contribution in [0.5, 0.6) is 0 Å². The Hall–Kier alpha value is 2.31. The molecule has 0 unspecified atom stereocenters. The van der Waals surface area contributed by atoms with E-state index in [0.717, 1.165) is 0 Å². The Bertz CT molecular complexity index is 79.5. The second-order valence-corrected chi connectivity index (χ2v) is 22.8. The van der Waals surface area contributed by atoms with E-state index in [-0.39, 0.29) is 0 Å². The Labute approximate surface area is 96.6 Å². The van der Waals surface area contributed by atoms with Crippen LogP contribution in [0.25, 0.3) is 0 Å². The fourth-order valence-corrected chi connectivity index (χ4v) is 27.7. The van der Waals surface area contributed by atoms with Crippen LogP contribution in [0.4, 0.5) is 0 Å². The van der Waals surface area contributed by atoms with E-state index in [1.54, 1.807) is 0 Å². The van der Waals surface area contributed by atoms with Crippen LogP contribution in [0.2, 0.25) is 0 Å². The lowest BCUT2D eigenvalue weighted by Gasteiger charge is -2.28. The Morgan fingerprint density at radius 3 is 1.30 bits per heavy atom. The summed E-state index contributed by atoms with van der Waals surface area (Å²) in [6.07, 6.45) is -1.95. The molecule has 0 aliphatic carbocycles. The normalized spacial score (nSPS) is 12.6. The predicted molar refractivity (Wildman–Crippen MR) is 67.0 cm³/mol. The molecule has 0 saturated heterocycles. The molecule has 7 heteroatoms. The van der Waals surface area contributed by atoms with Gasteiger partial charge in [-0.2, -0.15) is 0 Å². The van der Waals surface area contributed by atoms with Crippen LogP contribution in [0.15, 0.2) is 0 Å². The molecule has 0 atom stereocenters. The van der Waals surface area contributed by atoms with Crippen LogP contribution in [0.3, 0.4) is 0 Å². The van der Waals surface area contributed by atoms with Gasteiger partial charge in [-0.05, 0) is 6.04 Å². The molecule has 0 aromatic heterocycles. The van der Waals surface area contributed by atoms with Gasteiger partial charge in [0.1, 0.15) is 0 Å². The van der Waals surface area contributed by atoms with Crippen LogP contribution in [-0.2, 0) is 0 Å². The first-order valence-electron chi connectivity index (χ1n) is 2.80. The van der Waals surface area contributed by atoms with Crippen LogP contribution in [0, 0.1) is 0 Å². The fraction of sp³-hybridized carbons (Fsp3) is 1.00. The molecule has 0 radical (unpaired) electrons. The molecule has 0 aliphatic heterocycles. The van der Waals surface area contributed by atoms with E-state index in [0.29, 0.717) is 6.04 Å². The summed E-state index contributed by atoms with van der Waals surface area (Å²) in [5.41, 5.74) is 0. The van der Waals surface area contributed by atoms with Gasteiger partial charge in [0.2, 0.25) is 0 Å². The number of rotatable bonds is 3. The van der Waals surface area contributed by atoms with Gasteiger partial charge in [0.15, 0.2) is 0 Å². The van der Waals surface area contributed by atoms with Crippen molar-refractivity contribution < 1.29 is 0 Å². The maximum atomic E-state index is 3.60. The Morgan fingerprint density at radius 2 is 1.30 bits per heavy atom. The zero-order valence-corrected chi connectivity index (χ0v) is 14.3. The van der Waals surface area contributed by atoms with Gasteiger partial charge in [0, 0.05) is 0 Å². The Morgan fingerprint density at radius 1 is 1.00 bits per heavy atom. The van der Waals surface area contributed by atoms with Gasteiger partial charge < -0.3 is 4.23 Å². The third kappa shape index (κ3) is 4.37. The standard InChI is InChI=1S/C3H9Br4NSi2/c1-3(2)8(9(4)5)10(6)7/h3,9-10H,1-2H3. The average Bonchev–Trinajstić information content (AvgIpc) is 1.59. The van der Waals surface area contributed by atoms with Gasteiger partial charge in [-0.1, -0.05) is 75.0 Å². The van der Waals surface area contributed by atoms with Crippen LogP contribution in [-0.4, -0.2) is 22.7 Å². The van der Waals surface area contributed by atoms with Gasteiger partial charge in [-0.25, -0.2) is 0 Å². The van der Waals surface area contributed by atoms with Gasteiger partial charge in [-0.3, -0.25) is 0 Å². The molecule has 62 valence electrons. The number of hydrogen-bond acceptors (Lipinski definition) is 1. The first-order valence-corrected chi connectivity index (χ1v) is 16.6. The van der Waals surface area contributed by atoms with E-state index in [2.05, 4.69) is 79.2 Å². The highest BCUT2D eigenvalue weighted by molar-refractivity contribution is 9.51. The van der Waals surface area contributed by atoms with Crippen molar-refractivity contribution in [1.29, 1.82) is 0 Å². The lowest BCUT2D eigenvalue weighted by Crippen LogP contribution is -2.42. The van der Waals surface area contributed by atoms with Gasteiger partial charge >= 0.3 is 0 Å². The first-order chi connectivity index (χ1) is 4.46. The highest BCUT2D eigenvalue weighted by Gasteiger charge is 2.23. The van der Waals surface area contributed by atoms with E-state index in [9.17, 15) is 0 Å². The lowest BCUT2D eigenvalue weighted by molar-refractivity contribution is 0.561. The Balaban J connectivity index is 3.98. The summed E-state index contributed by atoms with van der Waals surface area (Å²) in [6, 6.07) is 0.603. The monoisotopic (exact) mass is 431 g/mol. The van der Waals surface area contributed by atoms with Gasteiger partial charge in [0.05, 0.1) is 0 Å². The SMILES string of the molecule is CC(C)N([SiH](Br)Br)[SiH](Br)Br. The molecule has 0 N–H and O–H groups in total. The fourth-order valence-electron chi connectivity index (χ4n) is 0.536. The zero-order valence-electron chi connectivity index (χ0n) is 5.69. The minimum Gasteiger partial charge on any atom is -0.314 e. The summed E-state index contributed by atoms with van der Waals surface area (Å²) in [5.74, 6) is 0. The van der Waals surface area contributed by atoms with Crippen molar-refractivity contribution in [3.05, 3.63) is 0 Å². The quantitative estimate of drug-likeness (QED) is 0.487. The van der Waals surface area contributed by atoms with Crippen molar-refractivity contribution in [1.82, 2.24) is 4.23 Å². The summed E-state index contributed by atoms with van der Waals surface area (Å²) in [4.78, 5) is 0. The molecule has 0 aromatic carbocycles. The van der Waals surface area contributed by atoms with Gasteiger partial charge in [-0.15, -0.1) is 0 Å². The Kier molecular flexibility index (Phi) is 7.23. The molecule has 0 rings (SSSR count). The summed E-state index contributed by atoms with van der Waals surface area (Å²) >= 11 is 14.4. The van der Waals surface area contributed by atoms with Crippen LogP contribution >= 0.6 is 61.2 Å². The molecule has 0 heterocycles. The number of nitrogens with zero attached hydrogens (tertiary/aromatic N) is 1. The molecule has 0 saturated carbocycles. The molecular weight excluding hydrogens is 426 g/mol. The van der Waals surface area contributed by atoms with Crippen molar-refractivity contribution in [3.8, 4) is 0 Å². The summed E-state index contributed by atoms with van der Waals surface area (Å²) < 4.78 is 2.44. The minimum atomic E-state index is -0.975. The second-order valence-electron chi connectivity index (χ2n) is 2.10. The highest BCUT2D eigenvalue weighted by Crippen LogP contribution is 2.20. The van der Waals surface area contributed by atoms with E-state index in [1.807, 2.05) is 0 Å². The lowest BCUT2D eigenvalue weighted by atomic mass is 10.4. The average molecular weight is 435 g/mol. The molecular formula is C3H9Br4NSi2. The van der Waals surface area contributed by atoms with Crippen molar-refractivity contribution in [3.63, 3.8) is 0 Å². The van der Waals surface area contributed by atoms with E-state index in [4.69, 9.17) is 0 Å². The number of hydrogen-bond donors (Lipinski definition) is 0. The summed E-state index contributed by atoms with van der Waals surface area (Å²) in [7, 11) is 0.